The Morgan fingerprint density at radius 2 is 1.81 bits per heavy atom. The first-order valence-corrected chi connectivity index (χ1v) is 11.9. The van der Waals surface area contributed by atoms with Crippen LogP contribution in [0.2, 0.25) is 0 Å². The highest BCUT2D eigenvalue weighted by molar-refractivity contribution is 6.05. The largest absolute Gasteiger partial charge is 0.480 e. The Kier molecular flexibility index (Phi) is 6.84. The molecule has 0 unspecified atom stereocenters. The van der Waals surface area contributed by atoms with Crippen molar-refractivity contribution in [2.45, 2.75) is 44.0 Å². The molecule has 37 heavy (non-hydrogen) atoms. The van der Waals surface area contributed by atoms with Crippen molar-refractivity contribution in [3.05, 3.63) is 66.5 Å². The van der Waals surface area contributed by atoms with E-state index in [2.05, 4.69) is 15.3 Å². The van der Waals surface area contributed by atoms with E-state index in [1.807, 2.05) is 30.3 Å². The van der Waals surface area contributed by atoms with Crippen LogP contribution in [0.1, 0.15) is 31.2 Å². The summed E-state index contributed by atoms with van der Waals surface area (Å²) in [5.41, 5.74) is 1.44. The fourth-order valence-electron chi connectivity index (χ4n) is 4.75. The summed E-state index contributed by atoms with van der Waals surface area (Å²) in [5.74, 6) is -0.0412. The summed E-state index contributed by atoms with van der Waals surface area (Å²) >= 11 is 0. The van der Waals surface area contributed by atoms with Gasteiger partial charge in [-0.15, -0.1) is 0 Å². The smallest absolute Gasteiger partial charge is 0.416 e. The van der Waals surface area contributed by atoms with Crippen molar-refractivity contribution in [1.82, 2.24) is 9.97 Å². The second-order valence-corrected chi connectivity index (χ2v) is 8.98. The fourth-order valence-corrected chi connectivity index (χ4v) is 4.75. The van der Waals surface area contributed by atoms with Gasteiger partial charge in [-0.1, -0.05) is 42.5 Å². The molecule has 2 aromatic heterocycles. The van der Waals surface area contributed by atoms with Gasteiger partial charge in [0.1, 0.15) is 24.5 Å². The van der Waals surface area contributed by atoms with E-state index in [4.69, 9.17) is 14.3 Å². The van der Waals surface area contributed by atoms with Crippen molar-refractivity contribution in [2.24, 2.45) is 0 Å². The third-order valence-electron chi connectivity index (χ3n) is 6.43. The van der Waals surface area contributed by atoms with E-state index in [9.17, 15) is 18.0 Å². The molecule has 10 heteroatoms. The lowest BCUT2D eigenvalue weighted by molar-refractivity contribution is -0.145. The van der Waals surface area contributed by atoms with Crippen LogP contribution in [-0.4, -0.2) is 39.8 Å². The number of hydrogen-bond donors (Lipinski definition) is 2. The average molecular weight is 512 g/mol. The maximum absolute atomic E-state index is 13.2. The molecule has 1 aliphatic rings. The van der Waals surface area contributed by atoms with Crippen LogP contribution < -0.4 is 5.32 Å². The fraction of sp³-hybridized carbons (Fsp3) is 0.296. The zero-order valence-corrected chi connectivity index (χ0v) is 19.7. The molecule has 0 bridgehead atoms. The van der Waals surface area contributed by atoms with E-state index in [0.717, 1.165) is 37.0 Å². The number of anilines is 1. The molecule has 2 atom stereocenters. The van der Waals surface area contributed by atoms with Crippen LogP contribution >= 0.6 is 0 Å². The lowest BCUT2D eigenvalue weighted by Gasteiger charge is -2.29. The zero-order chi connectivity index (χ0) is 26.0. The SMILES string of the molecule is O=C(O)CO[C@H]1CCC[C@H](Nc2ncnc3oc(-c4ccccc4)c(-c4ccc(C(F)(F)F)cc4)c23)C1. The molecule has 5 rings (SSSR count). The molecule has 0 radical (unpaired) electrons. The summed E-state index contributed by atoms with van der Waals surface area (Å²) in [6.45, 7) is -0.352. The summed E-state index contributed by atoms with van der Waals surface area (Å²) in [6, 6.07) is 14.2. The molecule has 1 fully saturated rings. The van der Waals surface area contributed by atoms with Gasteiger partial charge in [-0.05, 0) is 43.4 Å². The number of nitrogens with zero attached hydrogens (tertiary/aromatic N) is 2. The minimum absolute atomic E-state index is 0.0406. The topological polar surface area (TPSA) is 97.5 Å². The molecule has 0 spiro atoms. The first-order chi connectivity index (χ1) is 17.8. The van der Waals surface area contributed by atoms with Crippen molar-refractivity contribution >= 4 is 22.9 Å². The Labute approximate surface area is 210 Å². The van der Waals surface area contributed by atoms with Crippen molar-refractivity contribution in [2.75, 3.05) is 11.9 Å². The van der Waals surface area contributed by atoms with E-state index in [1.54, 1.807) is 0 Å². The average Bonchev–Trinajstić information content (AvgIpc) is 3.29. The number of nitrogens with one attached hydrogen (secondary N) is 1. The first kappa shape index (κ1) is 24.8. The minimum atomic E-state index is -4.45. The van der Waals surface area contributed by atoms with Crippen LogP contribution in [0.25, 0.3) is 33.6 Å². The van der Waals surface area contributed by atoms with Gasteiger partial charge < -0.3 is 19.6 Å². The Hall–Kier alpha value is -3.92. The van der Waals surface area contributed by atoms with Gasteiger partial charge in [0.25, 0.3) is 0 Å². The van der Waals surface area contributed by atoms with Crippen molar-refractivity contribution in [3.63, 3.8) is 0 Å². The number of carbonyl (C=O) groups is 1. The summed E-state index contributed by atoms with van der Waals surface area (Å²) in [5, 5.41) is 12.9. The molecular weight excluding hydrogens is 487 g/mol. The van der Waals surface area contributed by atoms with Crippen LogP contribution in [-0.2, 0) is 15.7 Å². The monoisotopic (exact) mass is 511 g/mol. The number of aliphatic carboxylic acids is 1. The Morgan fingerprint density at radius 1 is 1.05 bits per heavy atom. The van der Waals surface area contributed by atoms with Gasteiger partial charge in [-0.25, -0.2) is 14.8 Å². The lowest BCUT2D eigenvalue weighted by atomic mass is 9.92. The van der Waals surface area contributed by atoms with E-state index in [0.29, 0.717) is 40.2 Å². The maximum Gasteiger partial charge on any atom is 0.416 e. The normalized spacial score (nSPS) is 18.1. The lowest BCUT2D eigenvalue weighted by Crippen LogP contribution is -2.33. The number of alkyl halides is 3. The number of ether oxygens (including phenoxy) is 1. The first-order valence-electron chi connectivity index (χ1n) is 11.9. The van der Waals surface area contributed by atoms with Gasteiger partial charge in [0.2, 0.25) is 5.71 Å². The van der Waals surface area contributed by atoms with E-state index < -0.39 is 17.7 Å². The van der Waals surface area contributed by atoms with Crippen LogP contribution in [0.15, 0.2) is 65.3 Å². The highest BCUT2D eigenvalue weighted by Gasteiger charge is 2.31. The second-order valence-electron chi connectivity index (χ2n) is 8.98. The Balaban J connectivity index is 1.56. The molecule has 1 saturated carbocycles. The molecule has 0 aliphatic heterocycles. The van der Waals surface area contributed by atoms with Gasteiger partial charge in [-0.2, -0.15) is 13.2 Å². The highest BCUT2D eigenvalue weighted by atomic mass is 19.4. The highest BCUT2D eigenvalue weighted by Crippen LogP contribution is 2.43. The molecule has 0 saturated heterocycles. The molecule has 1 aliphatic carbocycles. The predicted molar refractivity (Wildman–Crippen MR) is 131 cm³/mol. The quantitative estimate of drug-likeness (QED) is 0.296. The summed E-state index contributed by atoms with van der Waals surface area (Å²) < 4.78 is 51.3. The van der Waals surface area contributed by atoms with Crippen LogP contribution in [0.4, 0.5) is 19.0 Å². The maximum atomic E-state index is 13.2. The summed E-state index contributed by atoms with van der Waals surface area (Å²) in [6.07, 6.45) is -0.225. The van der Waals surface area contributed by atoms with Gasteiger partial charge >= 0.3 is 12.1 Å². The second kappa shape index (κ2) is 10.2. The number of hydrogen-bond acceptors (Lipinski definition) is 6. The van der Waals surface area contributed by atoms with E-state index >= 15 is 0 Å². The van der Waals surface area contributed by atoms with Gasteiger partial charge in [0, 0.05) is 17.2 Å². The molecule has 0 amide bonds. The number of benzene rings is 2. The number of halogens is 3. The molecule has 4 aromatic rings. The predicted octanol–water partition coefficient (Wildman–Crippen LogP) is 6.40. The number of rotatable bonds is 7. The Bertz CT molecular complexity index is 1390. The summed E-state index contributed by atoms with van der Waals surface area (Å²) in [4.78, 5) is 19.7. The molecule has 2 heterocycles. The molecule has 2 aromatic carbocycles. The molecular formula is C27H24F3N3O4. The van der Waals surface area contributed by atoms with Crippen LogP contribution in [0, 0.1) is 0 Å². The van der Waals surface area contributed by atoms with Gasteiger partial charge in [0.05, 0.1) is 17.1 Å². The molecule has 2 N–H and O–H groups in total. The Morgan fingerprint density at radius 3 is 2.51 bits per heavy atom. The third-order valence-corrected chi connectivity index (χ3v) is 6.43. The van der Waals surface area contributed by atoms with Gasteiger partial charge in [-0.3, -0.25) is 0 Å². The number of carboxylic acid groups (broad SMARTS) is 1. The van der Waals surface area contributed by atoms with Crippen molar-refractivity contribution in [3.8, 4) is 22.5 Å². The summed E-state index contributed by atoms with van der Waals surface area (Å²) in [7, 11) is 0. The van der Waals surface area contributed by atoms with E-state index in [1.165, 1.54) is 18.5 Å². The van der Waals surface area contributed by atoms with Crippen molar-refractivity contribution in [1.29, 1.82) is 0 Å². The number of fused-ring (bicyclic) bond motifs is 1. The van der Waals surface area contributed by atoms with E-state index in [-0.39, 0.29) is 18.8 Å². The zero-order valence-electron chi connectivity index (χ0n) is 19.7. The number of carboxylic acids is 1. The third kappa shape index (κ3) is 5.43. The van der Waals surface area contributed by atoms with Crippen LogP contribution in [0.3, 0.4) is 0 Å². The molecule has 192 valence electrons. The van der Waals surface area contributed by atoms with Gasteiger partial charge in [0.15, 0.2) is 0 Å². The number of aromatic nitrogens is 2. The molecule has 7 nitrogen and oxygen atoms in total. The van der Waals surface area contributed by atoms with Crippen LogP contribution in [0.5, 0.6) is 0 Å². The van der Waals surface area contributed by atoms with Crippen molar-refractivity contribution < 1.29 is 32.2 Å². The minimum Gasteiger partial charge on any atom is -0.480 e. The number of furan rings is 1. The standard InChI is InChI=1S/C27H24F3N3O4/c28-27(29,30)18-11-9-16(10-12-18)22-23-25(33-19-7-4-8-20(13-19)36-14-21(34)35)31-15-32-26(23)37-24(22)17-5-2-1-3-6-17/h1-3,5-6,9-12,15,19-20H,4,7-8,13-14H2,(H,34,35)(H,31,32,33)/t19-,20-/m0/s1.